The Morgan fingerprint density at radius 2 is 1.68 bits per heavy atom. The smallest absolute Gasteiger partial charge is 0.269 e. The third-order valence-electron chi connectivity index (χ3n) is 3.95. The van der Waals surface area contributed by atoms with Crippen LogP contribution in [-0.4, -0.2) is 34.5 Å². The molecule has 12 heteroatoms. The summed E-state index contributed by atoms with van der Waals surface area (Å²) >= 11 is 1.25. The van der Waals surface area contributed by atoms with Gasteiger partial charge < -0.3 is 5.32 Å². The Kier molecular flexibility index (Phi) is 6.82. The van der Waals surface area contributed by atoms with E-state index in [0.717, 1.165) is 0 Å². The molecule has 10 nitrogen and oxygen atoms in total. The SMILES string of the molecule is CC(Sc1ccc([N+](=O)[O-])cc1)C(=O)Nc1ccc(S(=O)(=O)Nc2ncccn2)cc1. The topological polar surface area (TPSA) is 144 Å². The molecule has 0 aliphatic heterocycles. The summed E-state index contributed by atoms with van der Waals surface area (Å²) in [5.74, 6) is -0.341. The van der Waals surface area contributed by atoms with Gasteiger partial charge in [0.25, 0.3) is 15.7 Å². The first-order valence-corrected chi connectivity index (χ1v) is 11.2. The molecule has 31 heavy (non-hydrogen) atoms. The van der Waals surface area contributed by atoms with Gasteiger partial charge in [0.2, 0.25) is 11.9 Å². The molecule has 0 spiro atoms. The lowest BCUT2D eigenvalue weighted by Crippen LogP contribution is -2.22. The monoisotopic (exact) mass is 459 g/mol. The molecule has 0 bridgehead atoms. The highest BCUT2D eigenvalue weighted by Gasteiger charge is 2.18. The summed E-state index contributed by atoms with van der Waals surface area (Å²) in [4.78, 5) is 31.0. The van der Waals surface area contributed by atoms with Crippen molar-refractivity contribution in [3.05, 3.63) is 77.1 Å². The van der Waals surface area contributed by atoms with Crippen molar-refractivity contribution in [1.82, 2.24) is 9.97 Å². The summed E-state index contributed by atoms with van der Waals surface area (Å²) in [7, 11) is -3.87. The van der Waals surface area contributed by atoms with Crippen molar-refractivity contribution < 1.29 is 18.1 Å². The number of rotatable bonds is 8. The van der Waals surface area contributed by atoms with E-state index >= 15 is 0 Å². The van der Waals surface area contributed by atoms with Crippen molar-refractivity contribution in [3.8, 4) is 0 Å². The highest BCUT2D eigenvalue weighted by molar-refractivity contribution is 8.00. The van der Waals surface area contributed by atoms with Gasteiger partial charge in [-0.2, -0.15) is 0 Å². The van der Waals surface area contributed by atoms with Crippen molar-refractivity contribution in [3.63, 3.8) is 0 Å². The number of non-ortho nitro benzene ring substituents is 1. The van der Waals surface area contributed by atoms with E-state index in [-0.39, 0.29) is 22.4 Å². The lowest BCUT2D eigenvalue weighted by atomic mass is 10.3. The number of nitrogens with zero attached hydrogens (tertiary/aromatic N) is 3. The first-order chi connectivity index (χ1) is 14.7. The number of nitro groups is 1. The van der Waals surface area contributed by atoms with E-state index in [1.807, 2.05) is 0 Å². The first kappa shape index (κ1) is 22.2. The minimum absolute atomic E-state index is 0.00810. The largest absolute Gasteiger partial charge is 0.325 e. The Labute approximate surface area is 182 Å². The molecule has 1 heterocycles. The van der Waals surface area contributed by atoms with Crippen LogP contribution < -0.4 is 10.0 Å². The maximum atomic E-state index is 12.4. The van der Waals surface area contributed by atoms with Crippen molar-refractivity contribution in [2.75, 3.05) is 10.0 Å². The molecule has 0 saturated carbocycles. The Hall–Kier alpha value is -3.51. The summed E-state index contributed by atoms with van der Waals surface area (Å²) in [6, 6.07) is 13.1. The van der Waals surface area contributed by atoms with Crippen molar-refractivity contribution in [2.45, 2.75) is 22.0 Å². The number of hydrogen-bond donors (Lipinski definition) is 2. The Bertz CT molecular complexity index is 1170. The second kappa shape index (κ2) is 9.53. The zero-order valence-electron chi connectivity index (χ0n) is 16.1. The van der Waals surface area contributed by atoms with Gasteiger partial charge in [-0.05, 0) is 49.4 Å². The van der Waals surface area contributed by atoms with Crippen LogP contribution in [0.1, 0.15) is 6.92 Å². The molecule has 0 aliphatic carbocycles. The van der Waals surface area contributed by atoms with Gasteiger partial charge >= 0.3 is 0 Å². The number of anilines is 2. The number of benzene rings is 2. The van der Waals surface area contributed by atoms with Crippen LogP contribution in [-0.2, 0) is 14.8 Å². The van der Waals surface area contributed by atoms with Gasteiger partial charge in [0, 0.05) is 35.1 Å². The number of thioether (sulfide) groups is 1. The van der Waals surface area contributed by atoms with Crippen LogP contribution in [0.4, 0.5) is 17.3 Å². The van der Waals surface area contributed by atoms with Crippen LogP contribution in [0.15, 0.2) is 76.8 Å². The molecule has 1 amide bonds. The van der Waals surface area contributed by atoms with Crippen LogP contribution in [0.3, 0.4) is 0 Å². The fraction of sp³-hybridized carbons (Fsp3) is 0.105. The number of amides is 1. The number of carbonyl (C=O) groups excluding carboxylic acids is 1. The maximum Gasteiger partial charge on any atom is 0.269 e. The van der Waals surface area contributed by atoms with Crippen LogP contribution in [0.5, 0.6) is 0 Å². The highest BCUT2D eigenvalue weighted by atomic mass is 32.2. The van der Waals surface area contributed by atoms with Gasteiger partial charge in [-0.25, -0.2) is 23.1 Å². The van der Waals surface area contributed by atoms with Crippen molar-refractivity contribution in [2.24, 2.45) is 0 Å². The molecule has 160 valence electrons. The third-order valence-corrected chi connectivity index (χ3v) is 6.41. The number of carbonyl (C=O) groups is 1. The predicted molar refractivity (Wildman–Crippen MR) is 116 cm³/mol. The van der Waals surface area contributed by atoms with E-state index in [9.17, 15) is 23.3 Å². The number of nitro benzene ring substituents is 1. The van der Waals surface area contributed by atoms with E-state index in [0.29, 0.717) is 10.6 Å². The van der Waals surface area contributed by atoms with E-state index < -0.39 is 20.2 Å². The molecule has 0 radical (unpaired) electrons. The Balaban J connectivity index is 1.60. The maximum absolute atomic E-state index is 12.4. The summed E-state index contributed by atoms with van der Waals surface area (Å²) in [6.07, 6.45) is 2.83. The summed E-state index contributed by atoms with van der Waals surface area (Å²) in [6.45, 7) is 1.70. The van der Waals surface area contributed by atoms with E-state index in [1.54, 1.807) is 25.1 Å². The molecule has 0 aliphatic rings. The Morgan fingerprint density at radius 1 is 1.06 bits per heavy atom. The van der Waals surface area contributed by atoms with E-state index in [4.69, 9.17) is 0 Å². The minimum Gasteiger partial charge on any atom is -0.325 e. The zero-order chi connectivity index (χ0) is 22.4. The van der Waals surface area contributed by atoms with Crippen molar-refractivity contribution in [1.29, 1.82) is 0 Å². The number of nitrogens with one attached hydrogen (secondary N) is 2. The second-order valence-electron chi connectivity index (χ2n) is 6.20. The molecule has 2 N–H and O–H groups in total. The normalized spacial score (nSPS) is 12.0. The second-order valence-corrected chi connectivity index (χ2v) is 9.30. The van der Waals surface area contributed by atoms with Gasteiger partial charge in [0.15, 0.2) is 0 Å². The molecule has 0 saturated heterocycles. The average molecular weight is 460 g/mol. The van der Waals surface area contributed by atoms with Gasteiger partial charge in [-0.3, -0.25) is 14.9 Å². The summed E-state index contributed by atoms with van der Waals surface area (Å²) < 4.78 is 27.0. The molecular weight excluding hydrogens is 442 g/mol. The van der Waals surface area contributed by atoms with Gasteiger partial charge in [-0.15, -0.1) is 11.8 Å². The minimum atomic E-state index is -3.87. The van der Waals surface area contributed by atoms with Gasteiger partial charge in [-0.1, -0.05) is 0 Å². The zero-order valence-corrected chi connectivity index (χ0v) is 17.8. The lowest BCUT2D eigenvalue weighted by molar-refractivity contribution is -0.384. The van der Waals surface area contributed by atoms with Crippen molar-refractivity contribution >= 4 is 45.0 Å². The van der Waals surface area contributed by atoms with Crippen LogP contribution in [0.2, 0.25) is 0 Å². The molecule has 1 aromatic heterocycles. The Morgan fingerprint density at radius 3 is 2.26 bits per heavy atom. The average Bonchev–Trinajstić information content (AvgIpc) is 2.75. The van der Waals surface area contributed by atoms with Gasteiger partial charge in [0.05, 0.1) is 15.1 Å². The third kappa shape index (κ3) is 5.99. The fourth-order valence-corrected chi connectivity index (χ4v) is 4.22. The number of hydrogen-bond acceptors (Lipinski definition) is 8. The van der Waals surface area contributed by atoms with E-state index in [2.05, 4.69) is 20.0 Å². The lowest BCUT2D eigenvalue weighted by Gasteiger charge is -2.12. The van der Waals surface area contributed by atoms with E-state index in [1.165, 1.54) is 60.6 Å². The molecule has 1 atom stereocenters. The highest BCUT2D eigenvalue weighted by Crippen LogP contribution is 2.26. The first-order valence-electron chi connectivity index (χ1n) is 8.86. The molecule has 3 aromatic rings. The number of aromatic nitrogens is 2. The van der Waals surface area contributed by atoms with Crippen LogP contribution in [0.25, 0.3) is 0 Å². The summed E-state index contributed by atoms with van der Waals surface area (Å²) in [5, 5.41) is 12.9. The number of sulfonamides is 1. The van der Waals surface area contributed by atoms with Crippen LogP contribution in [0, 0.1) is 10.1 Å². The summed E-state index contributed by atoms with van der Waals surface area (Å²) in [5.41, 5.74) is 0.404. The molecule has 0 fully saturated rings. The quantitative estimate of drug-likeness (QED) is 0.297. The molecule has 1 unspecified atom stereocenters. The standard InChI is InChI=1S/C19H17N5O5S2/c1-13(30-16-7-5-15(6-8-16)24(26)27)18(25)22-14-3-9-17(10-4-14)31(28,29)23-19-20-11-2-12-21-19/h2-13H,1H3,(H,22,25)(H,20,21,23). The fourth-order valence-electron chi connectivity index (χ4n) is 2.40. The van der Waals surface area contributed by atoms with Gasteiger partial charge in [0.1, 0.15) is 0 Å². The molecule has 3 rings (SSSR count). The van der Waals surface area contributed by atoms with Crippen LogP contribution >= 0.6 is 11.8 Å². The predicted octanol–water partition coefficient (Wildman–Crippen LogP) is 3.30. The molecular formula is C19H17N5O5S2. The molecule has 2 aromatic carbocycles.